The van der Waals surface area contributed by atoms with Crippen LogP contribution in [-0.4, -0.2) is 39.4 Å². The summed E-state index contributed by atoms with van der Waals surface area (Å²) in [7, 11) is -1.34. The Morgan fingerprint density at radius 2 is 1.95 bits per heavy atom. The molecule has 1 aliphatic rings. The molecule has 1 aromatic carbocycles. The summed E-state index contributed by atoms with van der Waals surface area (Å²) in [5, 5.41) is 3.67. The maximum absolute atomic E-state index is 12.4. The van der Waals surface area contributed by atoms with Crippen molar-refractivity contribution in [3.63, 3.8) is 0 Å². The summed E-state index contributed by atoms with van der Waals surface area (Å²) in [5.74, 6) is 0.565. The SMILES string of the molecule is CNCC1CCN(S(=O)(=O)Cc2ccccc2Cl)CC1. The van der Waals surface area contributed by atoms with Gasteiger partial charge in [-0.05, 0) is 44.0 Å². The molecule has 0 aromatic heterocycles. The minimum Gasteiger partial charge on any atom is -0.319 e. The van der Waals surface area contributed by atoms with Crippen LogP contribution in [-0.2, 0) is 15.8 Å². The first-order valence-corrected chi connectivity index (χ1v) is 8.87. The van der Waals surface area contributed by atoms with E-state index in [-0.39, 0.29) is 5.75 Å². The molecule has 1 fully saturated rings. The highest BCUT2D eigenvalue weighted by molar-refractivity contribution is 7.88. The van der Waals surface area contributed by atoms with E-state index in [1.54, 1.807) is 16.4 Å². The fraction of sp³-hybridized carbons (Fsp3) is 0.571. The Hall–Kier alpha value is -0.620. The van der Waals surface area contributed by atoms with Crippen LogP contribution in [0.5, 0.6) is 0 Å². The van der Waals surface area contributed by atoms with Crippen molar-refractivity contribution in [2.24, 2.45) is 5.92 Å². The van der Waals surface area contributed by atoms with E-state index in [1.807, 2.05) is 19.2 Å². The van der Waals surface area contributed by atoms with Gasteiger partial charge in [0, 0.05) is 18.1 Å². The third-order valence-corrected chi connectivity index (χ3v) is 5.95. The molecule has 0 aliphatic carbocycles. The Balaban J connectivity index is 2.00. The predicted molar refractivity (Wildman–Crippen MR) is 82.3 cm³/mol. The van der Waals surface area contributed by atoms with E-state index >= 15 is 0 Å². The summed E-state index contributed by atoms with van der Waals surface area (Å²) < 4.78 is 26.4. The second-order valence-corrected chi connectivity index (χ2v) is 7.62. The van der Waals surface area contributed by atoms with Crippen molar-refractivity contribution in [1.82, 2.24) is 9.62 Å². The molecule has 2 rings (SSSR count). The molecule has 0 bridgehead atoms. The van der Waals surface area contributed by atoms with E-state index in [1.165, 1.54) is 0 Å². The first-order valence-electron chi connectivity index (χ1n) is 6.89. The summed E-state index contributed by atoms with van der Waals surface area (Å²) in [6.07, 6.45) is 1.84. The number of halogens is 1. The lowest BCUT2D eigenvalue weighted by Crippen LogP contribution is -2.40. The fourth-order valence-corrected chi connectivity index (χ4v) is 4.46. The Bertz CT molecular complexity index is 540. The molecule has 0 saturated carbocycles. The number of rotatable bonds is 5. The first-order chi connectivity index (χ1) is 9.53. The standard InChI is InChI=1S/C14H21ClN2O2S/c1-16-10-12-6-8-17(9-7-12)20(18,19)11-13-4-2-3-5-14(13)15/h2-5,12,16H,6-11H2,1H3. The van der Waals surface area contributed by atoms with Gasteiger partial charge in [-0.15, -0.1) is 0 Å². The van der Waals surface area contributed by atoms with Crippen LogP contribution in [0.15, 0.2) is 24.3 Å². The molecule has 112 valence electrons. The number of nitrogens with one attached hydrogen (secondary N) is 1. The van der Waals surface area contributed by atoms with Gasteiger partial charge in [0.1, 0.15) is 0 Å². The second-order valence-electron chi connectivity index (χ2n) is 5.25. The van der Waals surface area contributed by atoms with Crippen LogP contribution in [0.25, 0.3) is 0 Å². The second kappa shape index (κ2) is 6.89. The quantitative estimate of drug-likeness (QED) is 0.905. The average molecular weight is 317 g/mol. The third kappa shape index (κ3) is 3.95. The van der Waals surface area contributed by atoms with Crippen molar-refractivity contribution in [2.45, 2.75) is 18.6 Å². The van der Waals surface area contributed by atoms with Gasteiger partial charge in [-0.2, -0.15) is 0 Å². The Kier molecular flexibility index (Phi) is 5.43. The number of hydrogen-bond acceptors (Lipinski definition) is 3. The normalized spacial score (nSPS) is 18.3. The number of sulfonamides is 1. The van der Waals surface area contributed by atoms with E-state index in [9.17, 15) is 8.42 Å². The molecular weight excluding hydrogens is 296 g/mol. The Morgan fingerprint density at radius 1 is 1.30 bits per heavy atom. The van der Waals surface area contributed by atoms with E-state index < -0.39 is 10.0 Å². The van der Waals surface area contributed by atoms with Crippen LogP contribution in [0.2, 0.25) is 5.02 Å². The van der Waals surface area contributed by atoms with Crippen molar-refractivity contribution >= 4 is 21.6 Å². The van der Waals surface area contributed by atoms with Gasteiger partial charge in [-0.25, -0.2) is 12.7 Å². The van der Waals surface area contributed by atoms with Gasteiger partial charge in [-0.3, -0.25) is 0 Å². The topological polar surface area (TPSA) is 49.4 Å². The highest BCUT2D eigenvalue weighted by Gasteiger charge is 2.28. The summed E-state index contributed by atoms with van der Waals surface area (Å²) in [6, 6.07) is 7.12. The first kappa shape index (κ1) is 15.8. The molecule has 0 amide bonds. The van der Waals surface area contributed by atoms with Gasteiger partial charge in [0.25, 0.3) is 0 Å². The number of benzene rings is 1. The van der Waals surface area contributed by atoms with Gasteiger partial charge in [0.15, 0.2) is 0 Å². The lowest BCUT2D eigenvalue weighted by molar-refractivity contribution is 0.270. The van der Waals surface area contributed by atoms with Crippen molar-refractivity contribution in [2.75, 3.05) is 26.7 Å². The summed E-state index contributed by atoms with van der Waals surface area (Å²) in [5.41, 5.74) is 0.673. The van der Waals surface area contributed by atoms with Crippen molar-refractivity contribution in [3.8, 4) is 0 Å². The molecule has 1 aliphatic heterocycles. The summed E-state index contributed by atoms with van der Waals surface area (Å²) >= 11 is 6.04. The van der Waals surface area contributed by atoms with Crippen LogP contribution in [0, 0.1) is 5.92 Å². The largest absolute Gasteiger partial charge is 0.319 e. The molecule has 4 nitrogen and oxygen atoms in total. The van der Waals surface area contributed by atoms with Crippen molar-refractivity contribution in [1.29, 1.82) is 0 Å². The minimum absolute atomic E-state index is 0.0105. The number of hydrogen-bond donors (Lipinski definition) is 1. The lowest BCUT2D eigenvalue weighted by Gasteiger charge is -2.31. The van der Waals surface area contributed by atoms with Gasteiger partial charge in [0.2, 0.25) is 10.0 Å². The fourth-order valence-electron chi connectivity index (χ4n) is 2.58. The smallest absolute Gasteiger partial charge is 0.218 e. The molecule has 1 saturated heterocycles. The zero-order chi connectivity index (χ0) is 14.6. The maximum Gasteiger partial charge on any atom is 0.218 e. The zero-order valence-corrected chi connectivity index (χ0v) is 13.3. The number of nitrogens with zero attached hydrogens (tertiary/aromatic N) is 1. The number of piperidine rings is 1. The van der Waals surface area contributed by atoms with Gasteiger partial charge in [-0.1, -0.05) is 29.8 Å². The molecule has 0 radical (unpaired) electrons. The highest BCUT2D eigenvalue weighted by Crippen LogP contribution is 2.23. The van der Waals surface area contributed by atoms with Gasteiger partial charge in [0.05, 0.1) is 5.75 Å². The molecule has 20 heavy (non-hydrogen) atoms. The van der Waals surface area contributed by atoms with Crippen LogP contribution in [0.1, 0.15) is 18.4 Å². The van der Waals surface area contributed by atoms with Crippen LogP contribution in [0.4, 0.5) is 0 Å². The minimum atomic E-state index is -3.27. The Labute approximate surface area is 126 Å². The van der Waals surface area contributed by atoms with Crippen molar-refractivity contribution in [3.05, 3.63) is 34.9 Å². The van der Waals surface area contributed by atoms with Crippen LogP contribution < -0.4 is 5.32 Å². The average Bonchev–Trinajstić information content (AvgIpc) is 2.42. The van der Waals surface area contributed by atoms with E-state index in [0.29, 0.717) is 29.6 Å². The maximum atomic E-state index is 12.4. The Morgan fingerprint density at radius 3 is 2.55 bits per heavy atom. The van der Waals surface area contributed by atoms with Crippen molar-refractivity contribution < 1.29 is 8.42 Å². The highest BCUT2D eigenvalue weighted by atomic mass is 35.5. The molecule has 1 N–H and O–H groups in total. The monoisotopic (exact) mass is 316 g/mol. The predicted octanol–water partition coefficient (Wildman–Crippen LogP) is 2.10. The van der Waals surface area contributed by atoms with Crippen LogP contribution >= 0.6 is 11.6 Å². The van der Waals surface area contributed by atoms with Crippen LogP contribution in [0.3, 0.4) is 0 Å². The molecule has 1 heterocycles. The molecule has 1 aromatic rings. The zero-order valence-electron chi connectivity index (χ0n) is 11.7. The van der Waals surface area contributed by atoms with E-state index in [2.05, 4.69) is 5.32 Å². The summed E-state index contributed by atoms with van der Waals surface area (Å²) in [4.78, 5) is 0. The molecular formula is C14H21ClN2O2S. The third-order valence-electron chi connectivity index (χ3n) is 3.76. The van der Waals surface area contributed by atoms with Gasteiger partial charge >= 0.3 is 0 Å². The van der Waals surface area contributed by atoms with E-state index in [0.717, 1.165) is 19.4 Å². The van der Waals surface area contributed by atoms with Gasteiger partial charge < -0.3 is 5.32 Å². The summed E-state index contributed by atoms with van der Waals surface area (Å²) in [6.45, 7) is 2.18. The molecule has 6 heteroatoms. The van der Waals surface area contributed by atoms with E-state index in [4.69, 9.17) is 11.6 Å². The molecule has 0 atom stereocenters. The lowest BCUT2D eigenvalue weighted by atomic mass is 9.98. The molecule has 0 unspecified atom stereocenters. The molecule has 0 spiro atoms.